The fourth-order valence-electron chi connectivity index (χ4n) is 3.87. The van der Waals surface area contributed by atoms with Gasteiger partial charge in [-0.1, -0.05) is 48.5 Å². The Hall–Kier alpha value is -3.18. The standard InChI is InChI=1S/C25H23NO3S/c1-16-10-11-17(2)19(15-16)26-23(21-9-6-14-30-21)22(24(28)25(26)29)20(27)13-12-18-7-4-3-5-8-18/h3-11,14-15,23,28H,12-13H2,1-2H3. The number of carbonyl (C=O) groups is 2. The number of thiophene rings is 1. The van der Waals surface area contributed by atoms with Gasteiger partial charge < -0.3 is 5.11 Å². The number of amides is 1. The van der Waals surface area contributed by atoms with Gasteiger partial charge in [0.15, 0.2) is 11.5 Å². The predicted octanol–water partition coefficient (Wildman–Crippen LogP) is 5.47. The number of hydrogen-bond acceptors (Lipinski definition) is 4. The molecule has 1 amide bonds. The second kappa shape index (κ2) is 8.28. The van der Waals surface area contributed by atoms with E-state index in [9.17, 15) is 14.7 Å². The summed E-state index contributed by atoms with van der Waals surface area (Å²) in [6.45, 7) is 3.89. The number of Topliss-reactive ketones (excluding diaryl/α,β-unsaturated/α-hetero) is 1. The summed E-state index contributed by atoms with van der Waals surface area (Å²) in [6.07, 6.45) is 0.796. The summed E-state index contributed by atoms with van der Waals surface area (Å²) in [6, 6.07) is 18.8. The van der Waals surface area contributed by atoms with Gasteiger partial charge in [-0.25, -0.2) is 0 Å². The minimum absolute atomic E-state index is 0.194. The highest BCUT2D eigenvalue weighted by Crippen LogP contribution is 2.44. The van der Waals surface area contributed by atoms with Gasteiger partial charge in [0, 0.05) is 17.0 Å². The van der Waals surface area contributed by atoms with Crippen LogP contribution in [-0.4, -0.2) is 16.8 Å². The van der Waals surface area contributed by atoms with Crippen LogP contribution in [0.3, 0.4) is 0 Å². The molecule has 4 rings (SSSR count). The zero-order valence-corrected chi connectivity index (χ0v) is 17.8. The van der Waals surface area contributed by atoms with Crippen molar-refractivity contribution in [2.24, 2.45) is 0 Å². The van der Waals surface area contributed by atoms with E-state index in [1.807, 2.05) is 79.9 Å². The molecular weight excluding hydrogens is 394 g/mol. The maximum Gasteiger partial charge on any atom is 0.294 e. The van der Waals surface area contributed by atoms with E-state index >= 15 is 0 Å². The van der Waals surface area contributed by atoms with Gasteiger partial charge in [-0.05, 0) is 54.5 Å². The predicted molar refractivity (Wildman–Crippen MR) is 120 cm³/mol. The molecule has 3 aromatic rings. The van der Waals surface area contributed by atoms with Crippen molar-refractivity contribution in [2.75, 3.05) is 4.90 Å². The summed E-state index contributed by atoms with van der Waals surface area (Å²) >= 11 is 1.48. The van der Waals surface area contributed by atoms with Crippen molar-refractivity contribution in [3.63, 3.8) is 0 Å². The molecule has 1 aliphatic rings. The second-order valence-electron chi connectivity index (χ2n) is 7.55. The fourth-order valence-corrected chi connectivity index (χ4v) is 4.69. The van der Waals surface area contributed by atoms with Crippen molar-refractivity contribution in [1.29, 1.82) is 0 Å². The first kappa shape index (κ1) is 20.1. The van der Waals surface area contributed by atoms with Gasteiger partial charge in [0.05, 0.1) is 5.57 Å². The van der Waals surface area contributed by atoms with Crippen molar-refractivity contribution in [2.45, 2.75) is 32.7 Å². The van der Waals surface area contributed by atoms with Crippen LogP contribution in [0.25, 0.3) is 0 Å². The molecule has 0 radical (unpaired) electrons. The van der Waals surface area contributed by atoms with Gasteiger partial charge >= 0.3 is 0 Å². The molecule has 1 aliphatic heterocycles. The quantitative estimate of drug-likeness (QED) is 0.579. The first-order valence-corrected chi connectivity index (χ1v) is 10.8. The average molecular weight is 418 g/mol. The highest BCUT2D eigenvalue weighted by Gasteiger charge is 2.44. The molecule has 1 aromatic heterocycles. The molecule has 1 N–H and O–H groups in total. The van der Waals surface area contributed by atoms with Crippen LogP contribution < -0.4 is 4.90 Å². The molecule has 0 saturated carbocycles. The lowest BCUT2D eigenvalue weighted by atomic mass is 9.96. The Labute approximate surface area is 180 Å². The number of ketones is 1. The second-order valence-corrected chi connectivity index (χ2v) is 8.53. The fraction of sp³-hybridized carbons (Fsp3) is 0.200. The maximum absolute atomic E-state index is 13.2. The summed E-state index contributed by atoms with van der Waals surface area (Å²) in [5.74, 6) is -1.16. The highest BCUT2D eigenvalue weighted by atomic mass is 32.1. The number of aliphatic hydroxyl groups excluding tert-OH is 1. The van der Waals surface area contributed by atoms with E-state index in [2.05, 4.69) is 0 Å². The van der Waals surface area contributed by atoms with Crippen molar-refractivity contribution in [3.05, 3.63) is 98.9 Å². The molecular formula is C25H23NO3S. The monoisotopic (exact) mass is 417 g/mol. The SMILES string of the molecule is Cc1ccc(C)c(N2C(=O)C(O)=C(C(=O)CCc3ccccc3)C2c2cccs2)c1. The number of hydrogen-bond donors (Lipinski definition) is 1. The van der Waals surface area contributed by atoms with Crippen LogP contribution in [0.2, 0.25) is 0 Å². The van der Waals surface area contributed by atoms with Gasteiger partial charge in [0.25, 0.3) is 5.91 Å². The molecule has 5 heteroatoms. The van der Waals surface area contributed by atoms with E-state index in [-0.39, 0.29) is 17.8 Å². The van der Waals surface area contributed by atoms with Gasteiger partial charge in [0.2, 0.25) is 0 Å². The lowest BCUT2D eigenvalue weighted by Crippen LogP contribution is -2.31. The van der Waals surface area contributed by atoms with Crippen molar-refractivity contribution in [3.8, 4) is 0 Å². The maximum atomic E-state index is 13.2. The molecule has 0 saturated heterocycles. The minimum atomic E-state index is -0.610. The van der Waals surface area contributed by atoms with E-state index in [4.69, 9.17) is 0 Å². The molecule has 0 aliphatic carbocycles. The molecule has 1 atom stereocenters. The van der Waals surface area contributed by atoms with Crippen LogP contribution >= 0.6 is 11.3 Å². The molecule has 1 unspecified atom stereocenters. The summed E-state index contributed by atoms with van der Waals surface area (Å²) in [7, 11) is 0. The van der Waals surface area contributed by atoms with Crippen LogP contribution in [0.5, 0.6) is 0 Å². The molecule has 0 spiro atoms. The summed E-state index contributed by atoms with van der Waals surface area (Å²) in [5.41, 5.74) is 3.89. The van der Waals surface area contributed by atoms with E-state index in [0.717, 1.165) is 27.3 Å². The molecule has 2 aromatic carbocycles. The van der Waals surface area contributed by atoms with Gasteiger partial charge in [-0.3, -0.25) is 14.5 Å². The number of aliphatic hydroxyl groups is 1. The van der Waals surface area contributed by atoms with Crippen LogP contribution in [0.1, 0.15) is 34.0 Å². The summed E-state index contributed by atoms with van der Waals surface area (Å²) < 4.78 is 0. The van der Waals surface area contributed by atoms with E-state index in [1.54, 1.807) is 4.90 Å². The van der Waals surface area contributed by atoms with Crippen molar-refractivity contribution >= 4 is 28.7 Å². The lowest BCUT2D eigenvalue weighted by Gasteiger charge is -2.27. The number of carbonyl (C=O) groups excluding carboxylic acids is 2. The number of nitrogens with zero attached hydrogens (tertiary/aromatic N) is 1. The Morgan fingerprint density at radius 1 is 1.07 bits per heavy atom. The van der Waals surface area contributed by atoms with Crippen LogP contribution in [-0.2, 0) is 16.0 Å². The third kappa shape index (κ3) is 3.68. The Balaban J connectivity index is 1.72. The zero-order valence-electron chi connectivity index (χ0n) is 17.0. The average Bonchev–Trinajstić information content (AvgIpc) is 3.36. The molecule has 152 valence electrons. The van der Waals surface area contributed by atoms with Crippen molar-refractivity contribution < 1.29 is 14.7 Å². The number of aryl methyl sites for hydroxylation is 3. The molecule has 4 nitrogen and oxygen atoms in total. The first-order chi connectivity index (χ1) is 14.5. The Kier molecular flexibility index (Phi) is 5.55. The van der Waals surface area contributed by atoms with Gasteiger partial charge in [-0.15, -0.1) is 11.3 Å². The topological polar surface area (TPSA) is 57.6 Å². The van der Waals surface area contributed by atoms with E-state index in [1.165, 1.54) is 11.3 Å². The summed E-state index contributed by atoms with van der Waals surface area (Å²) in [5, 5.41) is 12.7. The normalized spacial score (nSPS) is 16.4. The number of rotatable bonds is 6. The largest absolute Gasteiger partial charge is 0.503 e. The Bertz CT molecular complexity index is 1120. The highest BCUT2D eigenvalue weighted by molar-refractivity contribution is 7.10. The van der Waals surface area contributed by atoms with Gasteiger partial charge in [-0.2, -0.15) is 0 Å². The van der Waals surface area contributed by atoms with Gasteiger partial charge in [0.1, 0.15) is 6.04 Å². The minimum Gasteiger partial charge on any atom is -0.503 e. The van der Waals surface area contributed by atoms with Crippen LogP contribution in [0.4, 0.5) is 5.69 Å². The molecule has 0 bridgehead atoms. The third-order valence-corrected chi connectivity index (χ3v) is 6.35. The third-order valence-electron chi connectivity index (χ3n) is 5.43. The van der Waals surface area contributed by atoms with E-state index < -0.39 is 17.7 Å². The van der Waals surface area contributed by atoms with Crippen molar-refractivity contribution in [1.82, 2.24) is 0 Å². The van der Waals surface area contributed by atoms with Crippen LogP contribution in [0.15, 0.2) is 77.4 Å². The van der Waals surface area contributed by atoms with Crippen LogP contribution in [0, 0.1) is 13.8 Å². The lowest BCUT2D eigenvalue weighted by molar-refractivity contribution is -0.118. The molecule has 30 heavy (non-hydrogen) atoms. The Morgan fingerprint density at radius 3 is 2.53 bits per heavy atom. The smallest absolute Gasteiger partial charge is 0.294 e. The zero-order chi connectivity index (χ0) is 21.3. The molecule has 2 heterocycles. The number of benzene rings is 2. The number of anilines is 1. The molecule has 0 fully saturated rings. The first-order valence-electron chi connectivity index (χ1n) is 9.92. The summed E-state index contributed by atoms with van der Waals surface area (Å²) in [4.78, 5) is 28.8. The van der Waals surface area contributed by atoms with E-state index in [0.29, 0.717) is 6.42 Å². The Morgan fingerprint density at radius 2 is 1.83 bits per heavy atom.